The quantitative estimate of drug-likeness (QED) is 0.535. The maximum Gasteiger partial charge on any atom is 0.127 e. The van der Waals surface area contributed by atoms with Crippen LogP contribution in [0.5, 0.6) is 0 Å². The summed E-state index contributed by atoms with van der Waals surface area (Å²) in [7, 11) is 0. The number of rotatable bonds is 5. The number of aromatic nitrogens is 1. The lowest BCUT2D eigenvalue weighted by Crippen LogP contribution is -3.30. The van der Waals surface area contributed by atoms with Gasteiger partial charge in [-0.1, -0.05) is 24.3 Å². The van der Waals surface area contributed by atoms with Gasteiger partial charge in [0.2, 0.25) is 0 Å². The summed E-state index contributed by atoms with van der Waals surface area (Å²) in [4.78, 5) is 5.49. The Kier molecular flexibility index (Phi) is 5.81. The first-order valence-electron chi connectivity index (χ1n) is 12.3. The molecule has 0 bridgehead atoms. The highest BCUT2D eigenvalue weighted by Crippen LogP contribution is 2.29. The molecular formula is C26H39N4+3. The van der Waals surface area contributed by atoms with Crippen molar-refractivity contribution < 1.29 is 14.7 Å². The maximum atomic E-state index is 2.47. The van der Waals surface area contributed by atoms with Gasteiger partial charge in [-0.2, -0.15) is 0 Å². The molecule has 160 valence electrons. The molecule has 2 saturated heterocycles. The molecule has 5 rings (SSSR count). The Labute approximate surface area is 181 Å². The van der Waals surface area contributed by atoms with Crippen molar-refractivity contribution in [2.24, 2.45) is 0 Å². The van der Waals surface area contributed by atoms with E-state index in [0.717, 1.165) is 12.6 Å². The van der Waals surface area contributed by atoms with E-state index >= 15 is 0 Å². The number of hydrogen-bond donors (Lipinski definition) is 3. The Morgan fingerprint density at radius 1 is 0.800 bits per heavy atom. The largest absolute Gasteiger partial charge is 0.341 e. The van der Waals surface area contributed by atoms with Gasteiger partial charge in [0.15, 0.2) is 0 Å². The lowest BCUT2D eigenvalue weighted by Gasteiger charge is -2.37. The van der Waals surface area contributed by atoms with Crippen LogP contribution in [-0.2, 0) is 13.1 Å². The molecule has 0 unspecified atom stereocenters. The summed E-state index contributed by atoms with van der Waals surface area (Å²) >= 11 is 0. The summed E-state index contributed by atoms with van der Waals surface area (Å²) in [6, 6.07) is 17.0. The van der Waals surface area contributed by atoms with Crippen LogP contribution in [0.2, 0.25) is 0 Å². The third-order valence-corrected chi connectivity index (χ3v) is 7.98. The zero-order chi connectivity index (χ0) is 20.5. The van der Waals surface area contributed by atoms with E-state index in [4.69, 9.17) is 0 Å². The second-order valence-corrected chi connectivity index (χ2v) is 9.58. The summed E-state index contributed by atoms with van der Waals surface area (Å²) in [5.41, 5.74) is 4.25. The van der Waals surface area contributed by atoms with Crippen molar-refractivity contribution in [3.63, 3.8) is 0 Å². The van der Waals surface area contributed by atoms with Gasteiger partial charge in [0.05, 0.1) is 25.7 Å². The third-order valence-electron chi connectivity index (χ3n) is 7.98. The van der Waals surface area contributed by atoms with Crippen LogP contribution in [0.4, 0.5) is 0 Å². The Morgan fingerprint density at radius 2 is 1.53 bits per heavy atom. The highest BCUT2D eigenvalue weighted by molar-refractivity contribution is 6.08. The minimum absolute atomic E-state index is 0.914. The predicted molar refractivity (Wildman–Crippen MR) is 124 cm³/mol. The minimum atomic E-state index is 0.914. The molecule has 4 nitrogen and oxygen atoms in total. The molecule has 0 spiro atoms. The number of benzene rings is 2. The minimum Gasteiger partial charge on any atom is -0.341 e. The molecule has 30 heavy (non-hydrogen) atoms. The number of quaternary nitrogens is 3. The molecule has 2 aliphatic rings. The van der Waals surface area contributed by atoms with Gasteiger partial charge in [-0.3, -0.25) is 0 Å². The lowest BCUT2D eigenvalue weighted by atomic mass is 10.0. The standard InChI is InChI=1S/C26H36N4/c1-3-27-15-17-29(18-16-27)22-11-13-28(14-12-22)20-21-9-10-26-24(19-21)23-7-5-6-8-25(23)30(26)4-2/h5-10,19,22H,3-4,11-18,20H2,1-2H3/p+3. The third kappa shape index (κ3) is 3.77. The van der Waals surface area contributed by atoms with E-state index in [1.807, 2.05) is 9.80 Å². The molecule has 3 N–H and O–H groups in total. The van der Waals surface area contributed by atoms with Crippen LogP contribution < -0.4 is 14.7 Å². The van der Waals surface area contributed by atoms with Crippen molar-refractivity contribution in [1.82, 2.24) is 4.57 Å². The fourth-order valence-corrected chi connectivity index (χ4v) is 6.14. The van der Waals surface area contributed by atoms with Crippen LogP contribution in [0.1, 0.15) is 32.3 Å². The molecule has 0 saturated carbocycles. The molecule has 0 radical (unpaired) electrons. The smallest absolute Gasteiger partial charge is 0.127 e. The average molecular weight is 408 g/mol. The summed E-state index contributed by atoms with van der Waals surface area (Å²) in [5.74, 6) is 0. The van der Waals surface area contributed by atoms with Crippen LogP contribution in [0.15, 0.2) is 42.5 Å². The zero-order valence-corrected chi connectivity index (χ0v) is 18.8. The van der Waals surface area contributed by atoms with Gasteiger partial charge in [0, 0.05) is 46.8 Å². The number of para-hydroxylation sites is 1. The Bertz CT molecular complexity index is 991. The van der Waals surface area contributed by atoms with Crippen LogP contribution >= 0.6 is 0 Å². The molecule has 0 atom stereocenters. The first kappa shape index (κ1) is 20.0. The van der Waals surface area contributed by atoms with Gasteiger partial charge in [-0.05, 0) is 32.0 Å². The van der Waals surface area contributed by atoms with Gasteiger partial charge in [0.25, 0.3) is 0 Å². The van der Waals surface area contributed by atoms with Gasteiger partial charge >= 0.3 is 0 Å². The van der Waals surface area contributed by atoms with Gasteiger partial charge < -0.3 is 19.3 Å². The SMILES string of the molecule is CCn1c2ccccc2c2cc(C[NH+]3CCC([NH+]4CC[NH+](CC)CC4)CC3)ccc21. The number of likely N-dealkylation sites (N-methyl/N-ethyl adjacent to an activating group) is 1. The van der Waals surface area contributed by atoms with Crippen molar-refractivity contribution in [3.8, 4) is 0 Å². The number of aryl methyl sites for hydroxylation is 1. The predicted octanol–water partition coefficient (Wildman–Crippen LogP) is 0.165. The molecule has 3 heterocycles. The van der Waals surface area contributed by atoms with E-state index in [9.17, 15) is 0 Å². The molecule has 2 fully saturated rings. The summed E-state index contributed by atoms with van der Waals surface area (Å²) in [5, 5.41) is 2.84. The number of nitrogens with zero attached hydrogens (tertiary/aromatic N) is 1. The fourth-order valence-electron chi connectivity index (χ4n) is 6.14. The van der Waals surface area contributed by atoms with Crippen LogP contribution in [-0.4, -0.2) is 56.4 Å². The van der Waals surface area contributed by atoms with Crippen molar-refractivity contribution in [2.45, 2.75) is 45.8 Å². The monoisotopic (exact) mass is 407 g/mol. The van der Waals surface area contributed by atoms with Crippen molar-refractivity contribution >= 4 is 21.8 Å². The van der Waals surface area contributed by atoms with Crippen molar-refractivity contribution in [3.05, 3.63) is 48.0 Å². The number of fused-ring (bicyclic) bond motifs is 3. The summed E-state index contributed by atoms with van der Waals surface area (Å²) < 4.78 is 2.45. The van der Waals surface area contributed by atoms with Gasteiger partial charge in [-0.25, -0.2) is 0 Å². The van der Waals surface area contributed by atoms with Gasteiger partial charge in [-0.15, -0.1) is 0 Å². The van der Waals surface area contributed by atoms with Crippen LogP contribution in [0.3, 0.4) is 0 Å². The maximum absolute atomic E-state index is 2.47. The van der Waals surface area contributed by atoms with E-state index < -0.39 is 0 Å². The second kappa shape index (κ2) is 8.70. The van der Waals surface area contributed by atoms with Crippen LogP contribution in [0, 0.1) is 0 Å². The van der Waals surface area contributed by atoms with Crippen molar-refractivity contribution in [1.29, 1.82) is 0 Å². The molecular weight excluding hydrogens is 368 g/mol. The normalized spacial score (nSPS) is 27.7. The Balaban J connectivity index is 1.25. The molecule has 0 aliphatic carbocycles. The zero-order valence-electron chi connectivity index (χ0n) is 18.8. The topological polar surface area (TPSA) is 18.3 Å². The van der Waals surface area contributed by atoms with E-state index in [0.29, 0.717) is 0 Å². The van der Waals surface area contributed by atoms with E-state index in [2.05, 4.69) is 60.9 Å². The lowest BCUT2D eigenvalue weighted by molar-refractivity contribution is -1.03. The molecule has 1 aromatic heterocycles. The highest BCUT2D eigenvalue weighted by Gasteiger charge is 2.33. The number of piperazine rings is 1. The summed E-state index contributed by atoms with van der Waals surface area (Å²) in [6.07, 6.45) is 2.81. The van der Waals surface area contributed by atoms with E-state index in [-0.39, 0.29) is 0 Å². The Hall–Kier alpha value is -1.88. The number of hydrogen-bond acceptors (Lipinski definition) is 0. The second-order valence-electron chi connectivity index (χ2n) is 9.58. The molecule has 2 aromatic carbocycles. The summed E-state index contributed by atoms with van der Waals surface area (Å²) in [6.45, 7) is 16.3. The number of likely N-dealkylation sites (tertiary alicyclic amines) is 1. The Morgan fingerprint density at radius 3 is 2.27 bits per heavy atom. The molecule has 2 aliphatic heterocycles. The van der Waals surface area contributed by atoms with E-state index in [1.54, 1.807) is 4.90 Å². The van der Waals surface area contributed by atoms with Gasteiger partial charge in [0.1, 0.15) is 32.7 Å². The first-order valence-corrected chi connectivity index (χ1v) is 12.3. The molecule has 0 amide bonds. The van der Waals surface area contributed by atoms with Crippen LogP contribution in [0.25, 0.3) is 21.8 Å². The highest BCUT2D eigenvalue weighted by atomic mass is 15.3. The number of piperidine rings is 1. The fraction of sp³-hybridized carbons (Fsp3) is 0.538. The molecule has 3 aromatic rings. The average Bonchev–Trinajstić information content (AvgIpc) is 3.13. The van der Waals surface area contributed by atoms with Crippen molar-refractivity contribution in [2.75, 3.05) is 45.8 Å². The molecule has 4 heteroatoms. The first-order chi connectivity index (χ1) is 14.8. The van der Waals surface area contributed by atoms with E-state index in [1.165, 1.54) is 92.6 Å². The number of nitrogens with one attached hydrogen (secondary N) is 3.